The van der Waals surface area contributed by atoms with E-state index >= 15 is 0 Å². The van der Waals surface area contributed by atoms with Crippen LogP contribution in [0.4, 0.5) is 0 Å². The molecule has 1 fully saturated rings. The van der Waals surface area contributed by atoms with Gasteiger partial charge in [0.15, 0.2) is 5.79 Å². The number of nitrogens with two attached hydrogens (primary N) is 1. The molecule has 1 rings (SSSR count). The molecule has 0 bridgehead atoms. The highest BCUT2D eigenvalue weighted by molar-refractivity contribution is 7.84. The van der Waals surface area contributed by atoms with Crippen molar-refractivity contribution in [3.05, 3.63) is 35.7 Å². The maximum Gasteiger partial charge on any atom is 0.333 e. The van der Waals surface area contributed by atoms with Gasteiger partial charge in [0.2, 0.25) is 0 Å². The summed E-state index contributed by atoms with van der Waals surface area (Å²) in [6.45, 7) is 8.97. The van der Waals surface area contributed by atoms with E-state index < -0.39 is 28.3 Å². The standard InChI is InChI=1S/C14H24NO5PS/c1-5-7-8-12(21)10(6-2)13-11(9-18-22(15,16)17)19-14(3,4)20-13/h5,7-8,11,13H,1,6,9,21H2,2-4H3,(H2,15,16,17)/b8-7-,12-10-. The molecule has 8 heteroatoms. The second kappa shape index (κ2) is 7.81. The minimum atomic E-state index is -4.02. The SMILES string of the molecule is C=C/C=C\C(P)=C(/CC)C1OC(C)(C)OC1COS(N)(=O)=O. The fraction of sp³-hybridized carbons (Fsp3) is 0.571. The fourth-order valence-electron chi connectivity index (χ4n) is 2.26. The van der Waals surface area contributed by atoms with Gasteiger partial charge in [-0.05, 0) is 31.2 Å². The molecule has 1 aliphatic heterocycles. The monoisotopic (exact) mass is 349 g/mol. The first-order valence-electron chi connectivity index (χ1n) is 6.90. The third-order valence-corrected chi connectivity index (χ3v) is 4.12. The van der Waals surface area contributed by atoms with Crippen LogP contribution in [-0.4, -0.2) is 33.0 Å². The zero-order chi connectivity index (χ0) is 17.0. The summed E-state index contributed by atoms with van der Waals surface area (Å²) < 4.78 is 38.3. The summed E-state index contributed by atoms with van der Waals surface area (Å²) in [7, 11) is -1.38. The predicted octanol–water partition coefficient (Wildman–Crippen LogP) is 2.01. The third-order valence-electron chi connectivity index (χ3n) is 3.09. The second-order valence-electron chi connectivity index (χ2n) is 5.30. The second-order valence-corrected chi connectivity index (χ2v) is 7.14. The van der Waals surface area contributed by atoms with Gasteiger partial charge >= 0.3 is 10.3 Å². The Morgan fingerprint density at radius 2 is 2.09 bits per heavy atom. The number of ether oxygens (including phenoxy) is 2. The summed E-state index contributed by atoms with van der Waals surface area (Å²) in [5.41, 5.74) is 0.983. The van der Waals surface area contributed by atoms with Crippen LogP contribution in [-0.2, 0) is 24.0 Å². The highest BCUT2D eigenvalue weighted by Gasteiger charge is 2.43. The molecule has 3 unspecified atom stereocenters. The molecule has 0 radical (unpaired) electrons. The predicted molar refractivity (Wildman–Crippen MR) is 89.2 cm³/mol. The minimum absolute atomic E-state index is 0.195. The molecule has 2 N–H and O–H groups in total. The number of rotatable bonds is 7. The van der Waals surface area contributed by atoms with Gasteiger partial charge in [-0.25, -0.2) is 5.14 Å². The maximum atomic E-state index is 11.0. The van der Waals surface area contributed by atoms with Gasteiger partial charge in [-0.1, -0.05) is 31.7 Å². The van der Waals surface area contributed by atoms with Crippen LogP contribution in [0, 0.1) is 0 Å². The molecule has 126 valence electrons. The average molecular weight is 349 g/mol. The molecule has 1 saturated heterocycles. The van der Waals surface area contributed by atoms with Crippen LogP contribution in [0.1, 0.15) is 27.2 Å². The van der Waals surface area contributed by atoms with Crippen LogP contribution in [0.15, 0.2) is 35.7 Å². The maximum absolute atomic E-state index is 11.0. The molecule has 0 aromatic carbocycles. The van der Waals surface area contributed by atoms with E-state index in [0.29, 0.717) is 0 Å². The van der Waals surface area contributed by atoms with Crippen LogP contribution in [0.3, 0.4) is 0 Å². The average Bonchev–Trinajstić information content (AvgIpc) is 2.69. The van der Waals surface area contributed by atoms with E-state index in [1.54, 1.807) is 19.9 Å². The van der Waals surface area contributed by atoms with Crippen molar-refractivity contribution >= 4 is 19.5 Å². The Morgan fingerprint density at radius 1 is 1.45 bits per heavy atom. The molecule has 0 spiro atoms. The Morgan fingerprint density at radius 3 is 2.59 bits per heavy atom. The van der Waals surface area contributed by atoms with E-state index in [4.69, 9.17) is 14.6 Å². The molecular formula is C14H24NO5PS. The lowest BCUT2D eigenvalue weighted by molar-refractivity contribution is -0.146. The van der Waals surface area contributed by atoms with E-state index in [2.05, 4.69) is 20.0 Å². The van der Waals surface area contributed by atoms with E-state index in [-0.39, 0.29) is 6.61 Å². The Hall–Kier alpha value is -0.560. The Bertz CT molecular complexity index is 568. The summed E-state index contributed by atoms with van der Waals surface area (Å²) in [4.78, 5) is 0. The highest BCUT2D eigenvalue weighted by atomic mass is 32.2. The number of hydrogen-bond acceptors (Lipinski definition) is 5. The van der Waals surface area contributed by atoms with Crippen LogP contribution in [0.25, 0.3) is 0 Å². The van der Waals surface area contributed by atoms with Crippen LogP contribution in [0.5, 0.6) is 0 Å². The van der Waals surface area contributed by atoms with Gasteiger partial charge in [0.25, 0.3) is 0 Å². The van der Waals surface area contributed by atoms with Crippen molar-refractivity contribution in [2.24, 2.45) is 5.14 Å². The summed E-state index contributed by atoms with van der Waals surface area (Å²) in [6, 6.07) is 0. The Kier molecular flexibility index (Phi) is 6.92. The van der Waals surface area contributed by atoms with Crippen molar-refractivity contribution in [2.45, 2.75) is 45.2 Å². The molecule has 22 heavy (non-hydrogen) atoms. The van der Waals surface area contributed by atoms with Crippen molar-refractivity contribution in [1.82, 2.24) is 0 Å². The normalized spacial score (nSPS) is 26.2. The summed E-state index contributed by atoms with van der Waals surface area (Å²) in [6.07, 6.45) is 5.13. The van der Waals surface area contributed by atoms with Gasteiger partial charge in [0.05, 0.1) is 6.61 Å². The van der Waals surface area contributed by atoms with Gasteiger partial charge in [0, 0.05) is 0 Å². The van der Waals surface area contributed by atoms with E-state index in [9.17, 15) is 8.42 Å². The molecule has 1 aliphatic rings. The Balaban J connectivity index is 3.04. The first kappa shape index (κ1) is 19.5. The van der Waals surface area contributed by atoms with E-state index in [0.717, 1.165) is 17.3 Å². The lowest BCUT2D eigenvalue weighted by Gasteiger charge is -2.20. The zero-order valence-corrected chi connectivity index (χ0v) is 15.1. The molecule has 3 atom stereocenters. The molecule has 0 aromatic rings. The fourth-order valence-corrected chi connectivity index (χ4v) is 3.07. The van der Waals surface area contributed by atoms with Crippen molar-refractivity contribution in [2.75, 3.05) is 6.61 Å². The molecular weight excluding hydrogens is 325 g/mol. The van der Waals surface area contributed by atoms with Gasteiger partial charge < -0.3 is 9.47 Å². The molecule has 6 nitrogen and oxygen atoms in total. The number of allylic oxidation sites excluding steroid dienone is 4. The first-order valence-corrected chi connectivity index (χ1v) is 8.95. The summed E-state index contributed by atoms with van der Waals surface area (Å²) in [5.74, 6) is -0.829. The van der Waals surface area contributed by atoms with Crippen LogP contribution < -0.4 is 5.14 Å². The topological polar surface area (TPSA) is 87.8 Å². The Labute approximate surface area is 134 Å². The number of hydrogen-bond donors (Lipinski definition) is 1. The van der Waals surface area contributed by atoms with Gasteiger partial charge in [-0.3, -0.25) is 4.18 Å². The lowest BCUT2D eigenvalue weighted by Crippen LogP contribution is -2.32. The molecule has 1 heterocycles. The van der Waals surface area contributed by atoms with Gasteiger partial charge in [-0.15, -0.1) is 9.24 Å². The molecule has 0 saturated carbocycles. The van der Waals surface area contributed by atoms with Crippen molar-refractivity contribution in [3.8, 4) is 0 Å². The first-order chi connectivity index (χ1) is 10.1. The quantitative estimate of drug-likeness (QED) is 0.561. The highest BCUT2D eigenvalue weighted by Crippen LogP contribution is 2.36. The van der Waals surface area contributed by atoms with Crippen LogP contribution >= 0.6 is 9.24 Å². The molecule has 0 aromatic heterocycles. The van der Waals surface area contributed by atoms with E-state index in [1.807, 2.05) is 19.1 Å². The molecule has 0 amide bonds. The smallest absolute Gasteiger partial charge is 0.333 e. The summed E-state index contributed by atoms with van der Waals surface area (Å²) in [5, 5.41) is 5.82. The van der Waals surface area contributed by atoms with Gasteiger partial charge in [0.1, 0.15) is 12.2 Å². The van der Waals surface area contributed by atoms with Gasteiger partial charge in [-0.2, -0.15) is 8.42 Å². The lowest BCUT2D eigenvalue weighted by atomic mass is 10.0. The zero-order valence-electron chi connectivity index (χ0n) is 13.1. The van der Waals surface area contributed by atoms with Crippen molar-refractivity contribution < 1.29 is 22.1 Å². The van der Waals surface area contributed by atoms with E-state index in [1.165, 1.54) is 0 Å². The molecule has 0 aliphatic carbocycles. The van der Waals surface area contributed by atoms with Crippen molar-refractivity contribution in [3.63, 3.8) is 0 Å². The largest absolute Gasteiger partial charge is 0.342 e. The third kappa shape index (κ3) is 5.91. The van der Waals surface area contributed by atoms with Crippen molar-refractivity contribution in [1.29, 1.82) is 0 Å². The summed E-state index contributed by atoms with van der Waals surface area (Å²) >= 11 is 0. The minimum Gasteiger partial charge on any atom is -0.342 e. The van der Waals surface area contributed by atoms with Crippen LogP contribution in [0.2, 0.25) is 0 Å².